The summed E-state index contributed by atoms with van der Waals surface area (Å²) in [6, 6.07) is 11.5. The van der Waals surface area contributed by atoms with Gasteiger partial charge in [0.1, 0.15) is 24.8 Å². The van der Waals surface area contributed by atoms with Gasteiger partial charge in [-0.2, -0.15) is 0 Å². The van der Waals surface area contributed by atoms with Gasteiger partial charge in [-0.15, -0.1) is 0 Å². The van der Waals surface area contributed by atoms with Gasteiger partial charge >= 0.3 is 10.4 Å². The molecule has 0 saturated heterocycles. The number of aromatic nitrogens is 2. The first-order chi connectivity index (χ1) is 6.95. The molecule has 0 aliphatic heterocycles. The lowest BCUT2D eigenvalue weighted by Gasteiger charge is -1.77. The summed E-state index contributed by atoms with van der Waals surface area (Å²) in [5, 5.41) is 7.96. The Morgan fingerprint density at radius 2 is 0.857 bits per heavy atom. The second-order valence-electron chi connectivity index (χ2n) is 2.69. The molecule has 0 bridgehead atoms. The molecule has 2 aromatic rings. The molecule has 2 heterocycles. The monoisotopic (exact) mass is 186 g/mol. The third-order valence-corrected chi connectivity index (χ3v) is 1.65. The van der Waals surface area contributed by atoms with E-state index in [1.165, 1.54) is 0 Å². The van der Waals surface area contributed by atoms with Crippen LogP contribution in [0.25, 0.3) is 0 Å². The molecule has 2 rings (SSSR count). The zero-order valence-corrected chi connectivity index (χ0v) is 7.56. The summed E-state index contributed by atoms with van der Waals surface area (Å²) in [6.07, 6.45) is 7.31. The molecule has 0 amide bonds. The van der Waals surface area contributed by atoms with Crippen molar-refractivity contribution in [3.63, 3.8) is 0 Å². The zero-order valence-electron chi connectivity index (χ0n) is 7.56. The predicted octanol–water partition coefficient (Wildman–Crippen LogP) is 0.940. The van der Waals surface area contributed by atoms with Crippen LogP contribution >= 0.6 is 0 Å². The molecular formula is C10H10N4+2. The summed E-state index contributed by atoms with van der Waals surface area (Å²) in [7, 11) is 0. The van der Waals surface area contributed by atoms with Gasteiger partial charge in [-0.1, -0.05) is 12.1 Å². The first kappa shape index (κ1) is 8.50. The molecule has 0 aromatic carbocycles. The third kappa shape index (κ3) is 2.20. The maximum atomic E-state index is 3.98. The first-order valence-electron chi connectivity index (χ1n) is 4.30. The molecule has 0 saturated carbocycles. The fourth-order valence-corrected chi connectivity index (χ4v) is 0.991. The maximum Gasteiger partial charge on any atom is 0.392 e. The zero-order chi connectivity index (χ0) is 9.64. The van der Waals surface area contributed by atoms with E-state index < -0.39 is 0 Å². The molecule has 4 heteroatoms. The van der Waals surface area contributed by atoms with Crippen molar-refractivity contribution in [3.8, 4) is 0 Å². The van der Waals surface area contributed by atoms with Crippen LogP contribution in [0, 0.1) is 0 Å². The molecule has 14 heavy (non-hydrogen) atoms. The maximum absolute atomic E-state index is 3.98. The summed E-state index contributed by atoms with van der Waals surface area (Å²) in [5.74, 6) is 0. The Morgan fingerprint density at radius 1 is 0.500 bits per heavy atom. The normalized spacial score (nSPS) is 10.6. The lowest BCUT2D eigenvalue weighted by atomic mass is 10.5. The van der Waals surface area contributed by atoms with Crippen molar-refractivity contribution in [2.45, 2.75) is 0 Å². The second kappa shape index (κ2) is 4.23. The SMILES string of the molecule is c1cc[n+](N=N[n+]2ccccc2)cc1. The van der Waals surface area contributed by atoms with E-state index in [0.717, 1.165) is 0 Å². The van der Waals surface area contributed by atoms with Gasteiger partial charge in [0.25, 0.3) is 0 Å². The molecule has 4 nitrogen and oxygen atoms in total. The highest BCUT2D eigenvalue weighted by molar-refractivity contribution is 4.84. The Balaban J connectivity index is 2.16. The Morgan fingerprint density at radius 3 is 1.21 bits per heavy atom. The minimum atomic E-state index is 1.64. The average Bonchev–Trinajstić information content (AvgIpc) is 2.29. The quantitative estimate of drug-likeness (QED) is 0.494. The van der Waals surface area contributed by atoms with E-state index in [4.69, 9.17) is 0 Å². The number of hydrogen-bond donors (Lipinski definition) is 0. The fourth-order valence-electron chi connectivity index (χ4n) is 0.991. The van der Waals surface area contributed by atoms with E-state index in [9.17, 15) is 0 Å². The Bertz CT molecular complexity index is 369. The van der Waals surface area contributed by atoms with Gasteiger partial charge in [-0.05, 0) is 33.6 Å². The number of pyridine rings is 2. The molecule has 0 aliphatic carbocycles. The van der Waals surface area contributed by atoms with E-state index in [1.54, 1.807) is 9.35 Å². The lowest BCUT2D eigenvalue weighted by molar-refractivity contribution is -0.745. The van der Waals surface area contributed by atoms with Crippen LogP contribution in [0.15, 0.2) is 71.6 Å². The summed E-state index contributed by atoms with van der Waals surface area (Å²) in [6.45, 7) is 0. The minimum Gasteiger partial charge on any atom is -0.0548 e. The van der Waals surface area contributed by atoms with Crippen LogP contribution in [0.1, 0.15) is 0 Å². The van der Waals surface area contributed by atoms with Crippen molar-refractivity contribution in [3.05, 3.63) is 61.2 Å². The Hall–Kier alpha value is -2.10. The number of nitrogens with zero attached hydrogens (tertiary/aromatic N) is 4. The van der Waals surface area contributed by atoms with E-state index in [-0.39, 0.29) is 0 Å². The predicted molar refractivity (Wildman–Crippen MR) is 48.9 cm³/mol. The van der Waals surface area contributed by atoms with E-state index >= 15 is 0 Å². The van der Waals surface area contributed by atoms with Gasteiger partial charge in [0.15, 0.2) is 0 Å². The number of hydrogen-bond acceptors (Lipinski definition) is 2. The highest BCUT2D eigenvalue weighted by atomic mass is 15.6. The van der Waals surface area contributed by atoms with Gasteiger partial charge in [0.2, 0.25) is 0 Å². The van der Waals surface area contributed by atoms with E-state index in [1.807, 2.05) is 61.2 Å². The molecular weight excluding hydrogens is 176 g/mol. The highest BCUT2D eigenvalue weighted by Crippen LogP contribution is 1.78. The summed E-state index contributed by atoms with van der Waals surface area (Å²) < 4.78 is 3.28. The van der Waals surface area contributed by atoms with Crippen LogP contribution in [-0.4, -0.2) is 0 Å². The number of rotatable bonds is 2. The molecule has 0 unspecified atom stereocenters. The fraction of sp³-hybridized carbons (Fsp3) is 0. The first-order valence-corrected chi connectivity index (χ1v) is 4.30. The van der Waals surface area contributed by atoms with Crippen LogP contribution in [0.5, 0.6) is 0 Å². The van der Waals surface area contributed by atoms with E-state index in [0.29, 0.717) is 0 Å². The Kier molecular flexibility index (Phi) is 2.56. The molecule has 68 valence electrons. The van der Waals surface area contributed by atoms with Gasteiger partial charge in [-0.3, -0.25) is 0 Å². The topological polar surface area (TPSA) is 32.5 Å². The van der Waals surface area contributed by atoms with Crippen molar-refractivity contribution in [2.24, 2.45) is 10.4 Å². The van der Waals surface area contributed by atoms with Gasteiger partial charge in [-0.25, -0.2) is 0 Å². The van der Waals surface area contributed by atoms with Crippen LogP contribution in [0.3, 0.4) is 0 Å². The minimum absolute atomic E-state index is 1.64. The standard InChI is InChI=1S/C10H10N4/c1-3-7-13(8-4-1)11-12-14-9-5-2-6-10-14/h1-10H/q+2. The summed E-state index contributed by atoms with van der Waals surface area (Å²) in [4.78, 5) is 0. The Labute approximate surface area is 81.7 Å². The smallest absolute Gasteiger partial charge is 0.0548 e. The molecule has 0 fully saturated rings. The molecule has 0 atom stereocenters. The highest BCUT2D eigenvalue weighted by Gasteiger charge is 2.03. The lowest BCUT2D eigenvalue weighted by Crippen LogP contribution is -2.31. The molecule has 0 radical (unpaired) electrons. The summed E-state index contributed by atoms with van der Waals surface area (Å²) >= 11 is 0. The van der Waals surface area contributed by atoms with Gasteiger partial charge in [0.05, 0.1) is 0 Å². The van der Waals surface area contributed by atoms with Gasteiger partial charge < -0.3 is 0 Å². The van der Waals surface area contributed by atoms with E-state index in [2.05, 4.69) is 10.4 Å². The van der Waals surface area contributed by atoms with Crippen LogP contribution < -0.4 is 9.35 Å². The van der Waals surface area contributed by atoms with Crippen molar-refractivity contribution in [1.82, 2.24) is 0 Å². The van der Waals surface area contributed by atoms with Gasteiger partial charge in [0, 0.05) is 0 Å². The van der Waals surface area contributed by atoms with Crippen LogP contribution in [0.4, 0.5) is 0 Å². The van der Waals surface area contributed by atoms with Crippen molar-refractivity contribution >= 4 is 0 Å². The molecule has 0 aliphatic rings. The van der Waals surface area contributed by atoms with Crippen LogP contribution in [-0.2, 0) is 0 Å². The third-order valence-electron chi connectivity index (χ3n) is 1.65. The molecule has 0 N–H and O–H groups in total. The largest absolute Gasteiger partial charge is 0.392 e. The van der Waals surface area contributed by atoms with Crippen molar-refractivity contribution < 1.29 is 9.35 Å². The second-order valence-corrected chi connectivity index (χ2v) is 2.69. The van der Waals surface area contributed by atoms with Crippen molar-refractivity contribution in [1.29, 1.82) is 0 Å². The average molecular weight is 186 g/mol. The van der Waals surface area contributed by atoms with Crippen molar-refractivity contribution in [2.75, 3.05) is 0 Å². The summed E-state index contributed by atoms with van der Waals surface area (Å²) in [5.41, 5.74) is 0. The molecule has 0 spiro atoms. The van der Waals surface area contributed by atoms with Crippen LogP contribution in [0.2, 0.25) is 0 Å². The molecule has 2 aromatic heterocycles.